The third-order valence-electron chi connectivity index (χ3n) is 2.80. The molecule has 0 radical (unpaired) electrons. The van der Waals surface area contributed by atoms with Gasteiger partial charge in [0.15, 0.2) is 5.78 Å². The zero-order valence-electron chi connectivity index (χ0n) is 14.0. The van der Waals surface area contributed by atoms with Gasteiger partial charge in [-0.05, 0) is 31.6 Å². The first-order valence-corrected chi connectivity index (χ1v) is 8.30. The van der Waals surface area contributed by atoms with E-state index in [9.17, 15) is 13.2 Å². The molecule has 0 saturated heterocycles. The van der Waals surface area contributed by atoms with E-state index >= 15 is 0 Å². The van der Waals surface area contributed by atoms with Crippen LogP contribution in [0.4, 0.5) is 0 Å². The van der Waals surface area contributed by atoms with Crippen molar-refractivity contribution in [1.82, 2.24) is 0 Å². The molecular formula is C16H26NO4S+. The van der Waals surface area contributed by atoms with Crippen LogP contribution in [0.25, 0.3) is 0 Å². The second kappa shape index (κ2) is 8.22. The monoisotopic (exact) mass is 328 g/mol. The van der Waals surface area contributed by atoms with Gasteiger partial charge in [0.05, 0.1) is 39.0 Å². The summed E-state index contributed by atoms with van der Waals surface area (Å²) in [5.41, 5.74) is 1.62. The van der Waals surface area contributed by atoms with Gasteiger partial charge in [0.25, 0.3) is 10.1 Å². The SMILES string of the molecule is C=C(C)C(=O)CC[N+](C)(C)C.Cc1ccc(S(=O)(=O)O)cc1. The molecule has 5 nitrogen and oxygen atoms in total. The Morgan fingerprint density at radius 2 is 1.64 bits per heavy atom. The maximum atomic E-state index is 11.1. The van der Waals surface area contributed by atoms with E-state index in [-0.39, 0.29) is 10.7 Å². The molecule has 124 valence electrons. The molecule has 0 heterocycles. The zero-order chi connectivity index (χ0) is 17.6. The first-order valence-electron chi connectivity index (χ1n) is 6.86. The highest BCUT2D eigenvalue weighted by Gasteiger charge is 2.10. The Balaban J connectivity index is 0.000000401. The number of hydrogen-bond acceptors (Lipinski definition) is 3. The molecule has 0 aromatic heterocycles. The third kappa shape index (κ3) is 9.44. The standard InChI is InChI=1S/C9H18NO.C7H8O3S/c1-8(2)9(11)6-7-10(3,4)5;1-6-2-4-7(5-3-6)11(8,9)10/h1,6-7H2,2-5H3;2-5H,1H3,(H,8,9,10)/q+1;. The van der Waals surface area contributed by atoms with Crippen molar-refractivity contribution in [1.29, 1.82) is 0 Å². The quantitative estimate of drug-likeness (QED) is 0.512. The van der Waals surface area contributed by atoms with E-state index < -0.39 is 10.1 Å². The average Bonchev–Trinajstić information content (AvgIpc) is 2.35. The van der Waals surface area contributed by atoms with E-state index in [1.165, 1.54) is 12.1 Å². The molecule has 0 bridgehead atoms. The number of Topliss-reactive ketones (excluding diaryl/α,β-unsaturated/α-hetero) is 1. The molecule has 1 aromatic rings. The van der Waals surface area contributed by atoms with E-state index in [2.05, 4.69) is 27.7 Å². The van der Waals surface area contributed by atoms with E-state index in [1.807, 2.05) is 6.92 Å². The Labute approximate surface area is 133 Å². The van der Waals surface area contributed by atoms with Gasteiger partial charge in [-0.3, -0.25) is 9.35 Å². The highest BCUT2D eigenvalue weighted by atomic mass is 32.2. The van der Waals surface area contributed by atoms with Crippen LogP contribution in [0.2, 0.25) is 0 Å². The summed E-state index contributed by atoms with van der Waals surface area (Å²) in [6.07, 6.45) is 0.610. The van der Waals surface area contributed by atoms with Crippen LogP contribution in [0.15, 0.2) is 41.3 Å². The lowest BCUT2D eigenvalue weighted by Gasteiger charge is -2.23. The summed E-state index contributed by atoms with van der Waals surface area (Å²) in [5, 5.41) is 0. The lowest BCUT2D eigenvalue weighted by atomic mass is 10.1. The fraction of sp³-hybridized carbons (Fsp3) is 0.438. The Morgan fingerprint density at radius 3 is 1.95 bits per heavy atom. The molecule has 0 atom stereocenters. The van der Waals surface area contributed by atoms with Crippen molar-refractivity contribution < 1.29 is 22.2 Å². The molecule has 0 fully saturated rings. The zero-order valence-corrected chi connectivity index (χ0v) is 14.8. The van der Waals surface area contributed by atoms with E-state index in [0.717, 1.165) is 16.6 Å². The number of aryl methyl sites for hydroxylation is 1. The number of allylic oxidation sites excluding steroid dienone is 1. The van der Waals surface area contributed by atoms with Gasteiger partial charge in [0, 0.05) is 0 Å². The van der Waals surface area contributed by atoms with E-state index in [1.54, 1.807) is 19.1 Å². The molecule has 0 aliphatic carbocycles. The van der Waals surface area contributed by atoms with Gasteiger partial charge in [0.2, 0.25) is 0 Å². The first kappa shape index (κ1) is 20.5. The van der Waals surface area contributed by atoms with Crippen molar-refractivity contribution in [3.8, 4) is 0 Å². The molecule has 6 heteroatoms. The van der Waals surface area contributed by atoms with Crippen molar-refractivity contribution in [2.24, 2.45) is 0 Å². The van der Waals surface area contributed by atoms with Crippen LogP contribution in [0.3, 0.4) is 0 Å². The molecule has 0 aliphatic rings. The average molecular weight is 328 g/mol. The Hall–Kier alpha value is -1.50. The summed E-state index contributed by atoms with van der Waals surface area (Å²) < 4.78 is 30.4. The molecule has 22 heavy (non-hydrogen) atoms. The third-order valence-corrected chi connectivity index (χ3v) is 3.67. The lowest BCUT2D eigenvalue weighted by molar-refractivity contribution is -0.869. The minimum atomic E-state index is -4.02. The predicted octanol–water partition coefficient (Wildman–Crippen LogP) is 2.47. The predicted molar refractivity (Wildman–Crippen MR) is 88.3 cm³/mol. The summed E-state index contributed by atoms with van der Waals surface area (Å²) in [7, 11) is 2.21. The molecule has 1 N–H and O–H groups in total. The highest BCUT2D eigenvalue weighted by molar-refractivity contribution is 7.85. The van der Waals surface area contributed by atoms with Crippen molar-refractivity contribution in [3.05, 3.63) is 42.0 Å². The molecule has 0 unspecified atom stereocenters. The van der Waals surface area contributed by atoms with Crippen LogP contribution in [0.5, 0.6) is 0 Å². The Kier molecular flexibility index (Phi) is 7.66. The maximum absolute atomic E-state index is 11.1. The first-order chi connectivity index (χ1) is 9.83. The fourth-order valence-electron chi connectivity index (χ4n) is 1.36. The van der Waals surface area contributed by atoms with E-state index in [4.69, 9.17) is 4.55 Å². The maximum Gasteiger partial charge on any atom is 0.294 e. The second-order valence-corrected chi connectivity index (χ2v) is 7.68. The van der Waals surface area contributed by atoms with Crippen molar-refractivity contribution >= 4 is 15.9 Å². The molecule has 0 saturated carbocycles. The summed E-state index contributed by atoms with van der Waals surface area (Å²) >= 11 is 0. The summed E-state index contributed by atoms with van der Waals surface area (Å²) in [5.74, 6) is 0.179. The highest BCUT2D eigenvalue weighted by Crippen LogP contribution is 2.08. The van der Waals surface area contributed by atoms with Gasteiger partial charge < -0.3 is 4.48 Å². The Bertz CT molecular complexity index is 611. The van der Waals surface area contributed by atoms with Crippen molar-refractivity contribution in [2.75, 3.05) is 27.7 Å². The molecule has 0 aliphatic heterocycles. The molecule has 1 rings (SSSR count). The number of hydrogen-bond donors (Lipinski definition) is 1. The molecule has 0 spiro atoms. The summed E-state index contributed by atoms with van der Waals surface area (Å²) in [4.78, 5) is 11.0. The van der Waals surface area contributed by atoms with Crippen LogP contribution in [-0.4, -0.2) is 50.9 Å². The smallest absolute Gasteiger partial charge is 0.294 e. The van der Waals surface area contributed by atoms with Gasteiger partial charge in [-0.1, -0.05) is 24.3 Å². The van der Waals surface area contributed by atoms with Crippen LogP contribution < -0.4 is 0 Å². The number of quaternary nitrogens is 1. The van der Waals surface area contributed by atoms with Gasteiger partial charge >= 0.3 is 0 Å². The number of carbonyl (C=O) groups excluding carboxylic acids is 1. The number of benzene rings is 1. The fourth-order valence-corrected chi connectivity index (χ4v) is 1.84. The van der Waals surface area contributed by atoms with Gasteiger partial charge in [0.1, 0.15) is 0 Å². The molecular weight excluding hydrogens is 302 g/mol. The second-order valence-electron chi connectivity index (χ2n) is 6.26. The number of nitrogens with zero attached hydrogens (tertiary/aromatic N) is 1. The lowest BCUT2D eigenvalue weighted by Crippen LogP contribution is -2.36. The van der Waals surface area contributed by atoms with Crippen molar-refractivity contribution in [3.63, 3.8) is 0 Å². The van der Waals surface area contributed by atoms with Gasteiger partial charge in [-0.25, -0.2) is 0 Å². The topological polar surface area (TPSA) is 71.4 Å². The summed E-state index contributed by atoms with van der Waals surface area (Å²) in [6, 6.07) is 5.99. The molecule has 1 aromatic carbocycles. The van der Waals surface area contributed by atoms with Gasteiger partial charge in [-0.2, -0.15) is 8.42 Å². The minimum Gasteiger partial charge on any atom is -0.331 e. The minimum absolute atomic E-state index is 0.0666. The van der Waals surface area contributed by atoms with Crippen molar-refractivity contribution in [2.45, 2.75) is 25.2 Å². The van der Waals surface area contributed by atoms with Crippen LogP contribution in [0, 0.1) is 6.92 Å². The molecule has 0 amide bonds. The van der Waals surface area contributed by atoms with Crippen LogP contribution >= 0.6 is 0 Å². The number of rotatable bonds is 5. The largest absolute Gasteiger partial charge is 0.331 e. The van der Waals surface area contributed by atoms with Gasteiger partial charge in [-0.15, -0.1) is 0 Å². The summed E-state index contributed by atoms with van der Waals surface area (Å²) in [6.45, 7) is 8.08. The number of ketones is 1. The Morgan fingerprint density at radius 1 is 1.18 bits per heavy atom. The van der Waals surface area contributed by atoms with Crippen LogP contribution in [0.1, 0.15) is 18.9 Å². The van der Waals surface area contributed by atoms with E-state index in [0.29, 0.717) is 12.0 Å². The van der Waals surface area contributed by atoms with Crippen LogP contribution in [-0.2, 0) is 14.9 Å². The number of carbonyl (C=O) groups is 1. The normalized spacial score (nSPS) is 11.4.